The fraction of sp³-hybridized carbons (Fsp3) is 0.929. The molecule has 0 aliphatic carbocycles. The zero-order chi connectivity index (χ0) is 14.2. The van der Waals surface area contributed by atoms with Crippen molar-refractivity contribution in [2.24, 2.45) is 11.3 Å². The summed E-state index contributed by atoms with van der Waals surface area (Å²) in [6.45, 7) is 12.3. The van der Waals surface area contributed by atoms with Gasteiger partial charge in [-0.2, -0.15) is 0 Å². The second-order valence-corrected chi connectivity index (χ2v) is 6.48. The fourth-order valence-corrected chi connectivity index (χ4v) is 2.11. The molecule has 0 aromatic carbocycles. The largest absolute Gasteiger partial charge is 0.392 e. The highest BCUT2D eigenvalue weighted by atomic mass is 16.3. The average molecular weight is 258 g/mol. The Kier molecular flexibility index (Phi) is 8.20. The molecule has 18 heavy (non-hydrogen) atoms. The van der Waals surface area contributed by atoms with Crippen LogP contribution in [0.3, 0.4) is 0 Å². The first-order chi connectivity index (χ1) is 8.20. The van der Waals surface area contributed by atoms with E-state index in [1.54, 1.807) is 6.92 Å². The van der Waals surface area contributed by atoms with Gasteiger partial charge in [0, 0.05) is 26.1 Å². The van der Waals surface area contributed by atoms with E-state index in [1.165, 1.54) is 0 Å². The van der Waals surface area contributed by atoms with Gasteiger partial charge in [-0.05, 0) is 24.7 Å². The van der Waals surface area contributed by atoms with Crippen molar-refractivity contribution < 1.29 is 9.90 Å². The third-order valence-electron chi connectivity index (χ3n) is 2.56. The molecule has 0 aromatic heterocycles. The molecular formula is C14H30N2O2. The Morgan fingerprint density at radius 1 is 1.22 bits per heavy atom. The molecule has 108 valence electrons. The van der Waals surface area contributed by atoms with Crippen molar-refractivity contribution in [1.82, 2.24) is 10.6 Å². The summed E-state index contributed by atoms with van der Waals surface area (Å²) in [6.07, 6.45) is 1.31. The topological polar surface area (TPSA) is 61.4 Å². The van der Waals surface area contributed by atoms with Gasteiger partial charge in [0.2, 0.25) is 5.91 Å². The lowest BCUT2D eigenvalue weighted by Crippen LogP contribution is -2.35. The number of carbonyl (C=O) groups excluding carboxylic acids is 1. The second kappa shape index (κ2) is 8.48. The lowest BCUT2D eigenvalue weighted by Gasteiger charge is -2.22. The number of rotatable bonds is 8. The minimum atomic E-state index is -0.340. The molecule has 4 nitrogen and oxygen atoms in total. The van der Waals surface area contributed by atoms with E-state index in [1.807, 2.05) is 0 Å². The van der Waals surface area contributed by atoms with Crippen LogP contribution in [0.25, 0.3) is 0 Å². The van der Waals surface area contributed by atoms with E-state index in [4.69, 9.17) is 5.11 Å². The lowest BCUT2D eigenvalue weighted by molar-refractivity contribution is -0.122. The standard InChI is InChI=1S/C14H30N2O2/c1-11(9-14(3,4)5)8-13(18)16-7-6-15-10-12(2)17/h11-12,15,17H,6-10H2,1-5H3,(H,16,18). The van der Waals surface area contributed by atoms with Gasteiger partial charge in [0.05, 0.1) is 6.10 Å². The predicted octanol–water partition coefficient (Wildman–Crippen LogP) is 1.54. The monoisotopic (exact) mass is 258 g/mol. The molecule has 3 N–H and O–H groups in total. The van der Waals surface area contributed by atoms with Gasteiger partial charge in [0.1, 0.15) is 0 Å². The summed E-state index contributed by atoms with van der Waals surface area (Å²) >= 11 is 0. The van der Waals surface area contributed by atoms with Gasteiger partial charge in [-0.3, -0.25) is 4.79 Å². The van der Waals surface area contributed by atoms with Gasteiger partial charge in [-0.15, -0.1) is 0 Å². The summed E-state index contributed by atoms with van der Waals surface area (Å²) in [5.41, 5.74) is 0.276. The molecule has 0 spiro atoms. The molecule has 0 saturated heterocycles. The number of aliphatic hydroxyl groups excluding tert-OH is 1. The maximum absolute atomic E-state index is 11.6. The van der Waals surface area contributed by atoms with E-state index in [9.17, 15) is 4.79 Å². The van der Waals surface area contributed by atoms with Crippen LogP contribution in [-0.2, 0) is 4.79 Å². The van der Waals surface area contributed by atoms with Crippen LogP contribution in [0.1, 0.15) is 47.5 Å². The van der Waals surface area contributed by atoms with E-state index < -0.39 is 0 Å². The summed E-state index contributed by atoms with van der Waals surface area (Å²) in [4.78, 5) is 11.6. The Hall–Kier alpha value is -0.610. The Morgan fingerprint density at radius 3 is 2.33 bits per heavy atom. The number of nitrogens with one attached hydrogen (secondary N) is 2. The first kappa shape index (κ1) is 17.4. The Labute approximate surface area is 112 Å². The number of aliphatic hydroxyl groups is 1. The summed E-state index contributed by atoms with van der Waals surface area (Å²) in [5.74, 6) is 0.529. The molecular weight excluding hydrogens is 228 g/mol. The first-order valence-electron chi connectivity index (χ1n) is 6.86. The Bertz CT molecular complexity index is 234. The highest BCUT2D eigenvalue weighted by Gasteiger charge is 2.17. The molecule has 2 atom stereocenters. The van der Waals surface area contributed by atoms with Gasteiger partial charge in [0.15, 0.2) is 0 Å². The first-order valence-corrected chi connectivity index (χ1v) is 6.86. The number of hydrogen-bond donors (Lipinski definition) is 3. The van der Waals surface area contributed by atoms with Crippen LogP contribution < -0.4 is 10.6 Å². The molecule has 0 fully saturated rings. The molecule has 0 aromatic rings. The average Bonchev–Trinajstić information content (AvgIpc) is 2.12. The van der Waals surface area contributed by atoms with Crippen LogP contribution in [0.4, 0.5) is 0 Å². The number of carbonyl (C=O) groups is 1. The molecule has 0 bridgehead atoms. The van der Waals surface area contributed by atoms with Crippen LogP contribution >= 0.6 is 0 Å². The highest BCUT2D eigenvalue weighted by molar-refractivity contribution is 5.76. The quantitative estimate of drug-likeness (QED) is 0.579. The third-order valence-corrected chi connectivity index (χ3v) is 2.56. The molecule has 2 unspecified atom stereocenters. The maximum Gasteiger partial charge on any atom is 0.220 e. The zero-order valence-electron chi connectivity index (χ0n) is 12.5. The molecule has 1 amide bonds. The van der Waals surface area contributed by atoms with E-state index in [2.05, 4.69) is 38.3 Å². The van der Waals surface area contributed by atoms with Crippen molar-refractivity contribution in [2.75, 3.05) is 19.6 Å². The summed E-state index contributed by atoms with van der Waals surface area (Å²) in [5, 5.41) is 15.0. The smallest absolute Gasteiger partial charge is 0.220 e. The highest BCUT2D eigenvalue weighted by Crippen LogP contribution is 2.25. The fourth-order valence-electron chi connectivity index (χ4n) is 2.11. The maximum atomic E-state index is 11.6. The summed E-state index contributed by atoms with van der Waals surface area (Å²) in [6, 6.07) is 0. The van der Waals surface area contributed by atoms with Crippen LogP contribution in [-0.4, -0.2) is 36.8 Å². The second-order valence-electron chi connectivity index (χ2n) is 6.48. The molecule has 4 heteroatoms. The van der Waals surface area contributed by atoms with Gasteiger partial charge < -0.3 is 15.7 Å². The van der Waals surface area contributed by atoms with Crippen molar-refractivity contribution in [2.45, 2.75) is 53.6 Å². The molecule has 0 rings (SSSR count). The van der Waals surface area contributed by atoms with Crippen molar-refractivity contribution in [3.05, 3.63) is 0 Å². The number of hydrogen-bond acceptors (Lipinski definition) is 3. The van der Waals surface area contributed by atoms with Crippen LogP contribution in [0, 0.1) is 11.3 Å². The molecule has 0 saturated carbocycles. The van der Waals surface area contributed by atoms with Gasteiger partial charge in [-0.25, -0.2) is 0 Å². The van der Waals surface area contributed by atoms with Crippen LogP contribution in [0.5, 0.6) is 0 Å². The van der Waals surface area contributed by atoms with E-state index in [0.717, 1.165) is 6.42 Å². The van der Waals surface area contributed by atoms with Crippen molar-refractivity contribution >= 4 is 5.91 Å². The summed E-state index contributed by atoms with van der Waals surface area (Å²) < 4.78 is 0. The van der Waals surface area contributed by atoms with Crippen molar-refractivity contribution in [3.63, 3.8) is 0 Å². The van der Waals surface area contributed by atoms with Gasteiger partial charge in [0.25, 0.3) is 0 Å². The predicted molar refractivity (Wildman–Crippen MR) is 75.4 cm³/mol. The molecule has 0 radical (unpaired) electrons. The molecule has 0 aliphatic rings. The van der Waals surface area contributed by atoms with Crippen LogP contribution in [0.15, 0.2) is 0 Å². The minimum absolute atomic E-state index is 0.116. The lowest BCUT2D eigenvalue weighted by atomic mass is 9.84. The van der Waals surface area contributed by atoms with Crippen molar-refractivity contribution in [1.29, 1.82) is 0 Å². The SMILES string of the molecule is CC(O)CNCCNC(=O)CC(C)CC(C)(C)C. The van der Waals surface area contributed by atoms with E-state index in [-0.39, 0.29) is 17.4 Å². The zero-order valence-corrected chi connectivity index (χ0v) is 12.5. The van der Waals surface area contributed by atoms with Crippen molar-refractivity contribution in [3.8, 4) is 0 Å². The molecule has 0 aliphatic heterocycles. The van der Waals surface area contributed by atoms with Crippen LogP contribution in [0.2, 0.25) is 0 Å². The minimum Gasteiger partial charge on any atom is -0.392 e. The van der Waals surface area contributed by atoms with E-state index in [0.29, 0.717) is 32.0 Å². The van der Waals surface area contributed by atoms with Gasteiger partial charge >= 0.3 is 0 Å². The number of amides is 1. The molecule has 0 heterocycles. The van der Waals surface area contributed by atoms with E-state index >= 15 is 0 Å². The normalized spacial score (nSPS) is 15.2. The third kappa shape index (κ3) is 11.9. The Balaban J connectivity index is 3.59. The summed E-state index contributed by atoms with van der Waals surface area (Å²) in [7, 11) is 0. The Morgan fingerprint density at radius 2 is 1.83 bits per heavy atom. The van der Waals surface area contributed by atoms with Gasteiger partial charge in [-0.1, -0.05) is 27.7 Å².